The van der Waals surface area contributed by atoms with Crippen LogP contribution >= 0.6 is 0 Å². The van der Waals surface area contributed by atoms with Crippen molar-refractivity contribution in [3.63, 3.8) is 0 Å². The molecular formula is C36H48F3N3O7. The number of ether oxygens (including phenoxy) is 4. The number of halogens is 3. The van der Waals surface area contributed by atoms with E-state index < -0.39 is 36.4 Å². The highest BCUT2D eigenvalue weighted by Gasteiger charge is 2.30. The molecule has 0 bridgehead atoms. The molecule has 0 fully saturated rings. The molecule has 0 saturated heterocycles. The number of benzene rings is 2. The molecule has 1 heterocycles. The number of nitrogens with two attached hydrogens (primary N) is 1. The van der Waals surface area contributed by atoms with E-state index in [0.717, 1.165) is 23.8 Å². The van der Waals surface area contributed by atoms with Gasteiger partial charge >= 0.3 is 18.2 Å². The fraction of sp³-hybridized carbons (Fsp3) is 0.528. The Hall–Kier alpha value is -4.42. The molecule has 10 nitrogen and oxygen atoms in total. The van der Waals surface area contributed by atoms with Crippen LogP contribution < -0.4 is 15.2 Å². The zero-order valence-electron chi connectivity index (χ0n) is 29.1. The van der Waals surface area contributed by atoms with Crippen LogP contribution in [0.4, 0.5) is 18.0 Å². The van der Waals surface area contributed by atoms with Crippen molar-refractivity contribution in [2.75, 3.05) is 26.4 Å². The molecule has 0 radical (unpaired) electrons. The standard InChI is InChI=1S/C36H48F3N3O7/c1-7-26(8-2)33(44)47-18-11-15-41-16-14-27-21-25(22-28(31(27)41)32(40)43)20-24(3)42(34(45)49-35(4,5)6)17-19-46-29-12-9-10-13-30(29)48-23-36(37,38)39/h9-10,12-14,16,21-22,24,26H,7-8,11,15,17-20,23H2,1-6H3,(H2,40,43)/t24-/m1/s1. The van der Waals surface area contributed by atoms with Crippen LogP contribution in [0.3, 0.4) is 0 Å². The van der Waals surface area contributed by atoms with E-state index in [4.69, 9.17) is 24.7 Å². The van der Waals surface area contributed by atoms with E-state index in [1.54, 1.807) is 32.9 Å². The Kier molecular flexibility index (Phi) is 13.8. The normalized spacial score (nSPS) is 12.5. The Balaban J connectivity index is 1.76. The Bertz CT molecular complexity index is 1560. The van der Waals surface area contributed by atoms with Gasteiger partial charge in [-0.05, 0) is 89.3 Å². The Labute approximate surface area is 285 Å². The third kappa shape index (κ3) is 11.9. The van der Waals surface area contributed by atoms with Crippen LogP contribution in [0.25, 0.3) is 10.9 Å². The molecular weight excluding hydrogens is 643 g/mol. The number of amides is 2. The first-order chi connectivity index (χ1) is 23.0. The van der Waals surface area contributed by atoms with E-state index in [1.807, 2.05) is 43.7 Å². The minimum atomic E-state index is -4.51. The maximum absolute atomic E-state index is 13.3. The van der Waals surface area contributed by atoms with Gasteiger partial charge < -0.3 is 34.1 Å². The highest BCUT2D eigenvalue weighted by atomic mass is 19.4. The quantitative estimate of drug-likeness (QED) is 0.116. The van der Waals surface area contributed by atoms with Crippen LogP contribution in [0.1, 0.15) is 76.7 Å². The van der Waals surface area contributed by atoms with Crippen molar-refractivity contribution in [2.24, 2.45) is 11.7 Å². The van der Waals surface area contributed by atoms with Gasteiger partial charge in [0.2, 0.25) is 0 Å². The second kappa shape index (κ2) is 17.3. The molecule has 0 aliphatic carbocycles. The van der Waals surface area contributed by atoms with Crippen LogP contribution in [0, 0.1) is 5.92 Å². The minimum Gasteiger partial charge on any atom is -0.488 e. The molecule has 0 saturated carbocycles. The predicted octanol–water partition coefficient (Wildman–Crippen LogP) is 7.30. The summed E-state index contributed by atoms with van der Waals surface area (Å²) in [6.45, 7) is 10.2. The molecule has 3 rings (SSSR count). The number of aryl methyl sites for hydroxylation is 1. The number of carbonyl (C=O) groups is 3. The number of nitrogens with zero attached hydrogens (tertiary/aromatic N) is 2. The molecule has 0 aliphatic heterocycles. The zero-order chi connectivity index (χ0) is 36.4. The summed E-state index contributed by atoms with van der Waals surface area (Å²) in [6, 6.07) is 11.1. The van der Waals surface area contributed by atoms with Crippen molar-refractivity contribution in [1.82, 2.24) is 9.47 Å². The summed E-state index contributed by atoms with van der Waals surface area (Å²) in [5, 5.41) is 0.787. The SMILES string of the molecule is CCC(CC)C(=O)OCCCn1ccc2cc(C[C@@H](C)N(CCOc3ccccc3OCC(F)(F)F)C(=O)OC(C)(C)C)cc(C(N)=O)c21. The molecule has 0 aliphatic rings. The Morgan fingerprint density at radius 1 is 0.959 bits per heavy atom. The number of rotatable bonds is 17. The van der Waals surface area contributed by atoms with Gasteiger partial charge in [-0.15, -0.1) is 0 Å². The van der Waals surface area contributed by atoms with E-state index in [2.05, 4.69) is 0 Å². The Morgan fingerprint density at radius 2 is 1.61 bits per heavy atom. The number of esters is 1. The third-order valence-corrected chi connectivity index (χ3v) is 7.81. The summed E-state index contributed by atoms with van der Waals surface area (Å²) >= 11 is 0. The molecule has 270 valence electrons. The van der Waals surface area contributed by atoms with Gasteiger partial charge in [-0.3, -0.25) is 9.59 Å². The average molecular weight is 692 g/mol. The van der Waals surface area contributed by atoms with Gasteiger partial charge in [-0.1, -0.05) is 26.0 Å². The number of fused-ring (bicyclic) bond motifs is 1. The van der Waals surface area contributed by atoms with Crippen LogP contribution in [-0.2, 0) is 27.2 Å². The van der Waals surface area contributed by atoms with Crippen LogP contribution in [0.5, 0.6) is 11.5 Å². The molecule has 1 atom stereocenters. The first kappa shape index (κ1) is 39.0. The smallest absolute Gasteiger partial charge is 0.422 e. The molecule has 49 heavy (non-hydrogen) atoms. The largest absolute Gasteiger partial charge is 0.488 e. The van der Waals surface area contributed by atoms with Gasteiger partial charge in [0.1, 0.15) is 12.2 Å². The Morgan fingerprint density at radius 3 is 2.20 bits per heavy atom. The van der Waals surface area contributed by atoms with E-state index in [1.165, 1.54) is 23.1 Å². The van der Waals surface area contributed by atoms with Crippen molar-refractivity contribution in [2.45, 2.75) is 91.6 Å². The summed E-state index contributed by atoms with van der Waals surface area (Å²) in [7, 11) is 0. The molecule has 2 aromatic carbocycles. The number of hydrogen-bond donors (Lipinski definition) is 1. The van der Waals surface area contributed by atoms with Crippen LogP contribution in [0.15, 0.2) is 48.7 Å². The van der Waals surface area contributed by atoms with Crippen molar-refractivity contribution in [3.05, 3.63) is 59.8 Å². The maximum atomic E-state index is 13.3. The van der Waals surface area contributed by atoms with Crippen molar-refractivity contribution >= 4 is 28.9 Å². The lowest BCUT2D eigenvalue weighted by Gasteiger charge is -2.32. The average Bonchev–Trinajstić information content (AvgIpc) is 3.42. The summed E-state index contributed by atoms with van der Waals surface area (Å²) in [5.74, 6) is -0.891. The van der Waals surface area contributed by atoms with Gasteiger partial charge in [0.15, 0.2) is 18.1 Å². The number of carbonyl (C=O) groups excluding carboxylic acids is 3. The molecule has 13 heteroatoms. The predicted molar refractivity (Wildman–Crippen MR) is 180 cm³/mol. The molecule has 0 spiro atoms. The molecule has 1 aromatic heterocycles. The summed E-state index contributed by atoms with van der Waals surface area (Å²) in [5.41, 5.74) is 6.78. The van der Waals surface area contributed by atoms with Gasteiger partial charge in [0, 0.05) is 24.2 Å². The van der Waals surface area contributed by atoms with Gasteiger partial charge in [-0.25, -0.2) is 4.79 Å². The summed E-state index contributed by atoms with van der Waals surface area (Å²) in [6.07, 6.45) is -0.926. The highest BCUT2D eigenvalue weighted by molar-refractivity contribution is 6.05. The first-order valence-corrected chi connectivity index (χ1v) is 16.5. The zero-order valence-corrected chi connectivity index (χ0v) is 29.1. The fourth-order valence-electron chi connectivity index (χ4n) is 5.42. The number of para-hydroxylation sites is 2. The summed E-state index contributed by atoms with van der Waals surface area (Å²) < 4.78 is 61.9. The van der Waals surface area contributed by atoms with Crippen molar-refractivity contribution in [1.29, 1.82) is 0 Å². The van der Waals surface area contributed by atoms with Crippen molar-refractivity contribution < 1.29 is 46.5 Å². The molecule has 0 unspecified atom stereocenters. The molecule has 2 N–H and O–H groups in total. The molecule has 3 aromatic rings. The number of primary amides is 1. The lowest BCUT2D eigenvalue weighted by molar-refractivity contribution is -0.153. The van der Waals surface area contributed by atoms with E-state index in [9.17, 15) is 27.6 Å². The number of aromatic nitrogens is 1. The lowest BCUT2D eigenvalue weighted by Crippen LogP contribution is -2.45. The number of hydrogen-bond acceptors (Lipinski definition) is 7. The van der Waals surface area contributed by atoms with Crippen molar-refractivity contribution in [3.8, 4) is 11.5 Å². The van der Waals surface area contributed by atoms with Gasteiger partial charge in [0.25, 0.3) is 5.91 Å². The van der Waals surface area contributed by atoms with Gasteiger partial charge in [-0.2, -0.15) is 13.2 Å². The second-order valence-corrected chi connectivity index (χ2v) is 12.9. The lowest BCUT2D eigenvalue weighted by atomic mass is 10.00. The van der Waals surface area contributed by atoms with E-state index in [0.29, 0.717) is 30.5 Å². The topological polar surface area (TPSA) is 122 Å². The highest BCUT2D eigenvalue weighted by Crippen LogP contribution is 2.29. The van der Waals surface area contributed by atoms with Gasteiger partial charge in [0.05, 0.1) is 30.1 Å². The summed E-state index contributed by atoms with van der Waals surface area (Å²) in [4.78, 5) is 39.7. The fourth-order valence-corrected chi connectivity index (χ4v) is 5.42. The monoisotopic (exact) mass is 691 g/mol. The third-order valence-electron chi connectivity index (χ3n) is 7.81. The molecule has 2 amide bonds. The van der Waals surface area contributed by atoms with E-state index in [-0.39, 0.29) is 43.1 Å². The second-order valence-electron chi connectivity index (χ2n) is 12.9. The number of alkyl halides is 3. The maximum Gasteiger partial charge on any atom is 0.422 e. The van der Waals surface area contributed by atoms with E-state index >= 15 is 0 Å². The minimum absolute atomic E-state index is 0.0484. The van der Waals surface area contributed by atoms with Crippen LogP contribution in [0.2, 0.25) is 0 Å². The van der Waals surface area contributed by atoms with Crippen LogP contribution in [-0.4, -0.2) is 71.6 Å². The first-order valence-electron chi connectivity index (χ1n) is 16.5.